The molecule has 0 spiro atoms. The van der Waals surface area contributed by atoms with Crippen LogP contribution in [0, 0.1) is 0 Å². The largest absolute Gasteiger partial charge is 0.353 e. The van der Waals surface area contributed by atoms with Gasteiger partial charge in [0.05, 0.1) is 6.61 Å². The van der Waals surface area contributed by atoms with Crippen molar-refractivity contribution in [1.29, 1.82) is 0 Å². The molecule has 0 aromatic heterocycles. The standard InChI is InChI=1S/C14H23NO3/c1-2-3-4-5-6-7-8-9-14(16)15-10-13-11-17-12-18-13/h6-9,13H,2-5,10-12H2,1H3,(H,15,16)/b7-6+,9-8+. The third-order valence-corrected chi connectivity index (χ3v) is 2.66. The molecule has 0 aromatic carbocycles. The van der Waals surface area contributed by atoms with Gasteiger partial charge in [-0.25, -0.2) is 0 Å². The third-order valence-electron chi connectivity index (χ3n) is 2.66. The average molecular weight is 253 g/mol. The van der Waals surface area contributed by atoms with Crippen molar-refractivity contribution in [3.63, 3.8) is 0 Å². The third kappa shape index (κ3) is 7.25. The van der Waals surface area contributed by atoms with E-state index in [-0.39, 0.29) is 12.0 Å². The van der Waals surface area contributed by atoms with Gasteiger partial charge < -0.3 is 14.8 Å². The van der Waals surface area contributed by atoms with E-state index in [2.05, 4.69) is 18.3 Å². The van der Waals surface area contributed by atoms with Crippen LogP contribution in [0.15, 0.2) is 24.3 Å². The molecular formula is C14H23NO3. The molecule has 1 aliphatic rings. The summed E-state index contributed by atoms with van der Waals surface area (Å²) in [6.07, 6.45) is 12.1. The maximum atomic E-state index is 11.4. The molecule has 1 fully saturated rings. The fourth-order valence-corrected chi connectivity index (χ4v) is 1.59. The first-order valence-electron chi connectivity index (χ1n) is 6.63. The first-order valence-corrected chi connectivity index (χ1v) is 6.63. The highest BCUT2D eigenvalue weighted by atomic mass is 16.7. The van der Waals surface area contributed by atoms with Crippen molar-refractivity contribution in [2.45, 2.75) is 38.7 Å². The predicted octanol–water partition coefficient (Wildman–Crippen LogP) is 2.17. The molecule has 18 heavy (non-hydrogen) atoms. The smallest absolute Gasteiger partial charge is 0.244 e. The highest BCUT2D eigenvalue weighted by Gasteiger charge is 2.15. The Kier molecular flexibility index (Phi) is 8.17. The highest BCUT2D eigenvalue weighted by molar-refractivity contribution is 5.87. The van der Waals surface area contributed by atoms with Crippen molar-refractivity contribution in [3.8, 4) is 0 Å². The number of ether oxygens (including phenoxy) is 2. The molecule has 1 atom stereocenters. The summed E-state index contributed by atoms with van der Waals surface area (Å²) in [6.45, 7) is 3.58. The topological polar surface area (TPSA) is 47.6 Å². The molecule has 1 amide bonds. The summed E-state index contributed by atoms with van der Waals surface area (Å²) in [7, 11) is 0. The number of allylic oxidation sites excluding steroid dienone is 3. The van der Waals surface area contributed by atoms with Gasteiger partial charge in [0.1, 0.15) is 12.9 Å². The van der Waals surface area contributed by atoms with Gasteiger partial charge in [0, 0.05) is 12.6 Å². The zero-order chi connectivity index (χ0) is 13.1. The Morgan fingerprint density at radius 2 is 2.28 bits per heavy atom. The number of rotatable bonds is 8. The Morgan fingerprint density at radius 3 is 3.00 bits per heavy atom. The first kappa shape index (κ1) is 14.9. The lowest BCUT2D eigenvalue weighted by atomic mass is 10.2. The minimum atomic E-state index is -0.0938. The minimum Gasteiger partial charge on any atom is -0.353 e. The molecule has 0 radical (unpaired) electrons. The van der Waals surface area contributed by atoms with E-state index in [1.807, 2.05) is 6.08 Å². The van der Waals surface area contributed by atoms with Crippen molar-refractivity contribution in [3.05, 3.63) is 24.3 Å². The summed E-state index contributed by atoms with van der Waals surface area (Å²) in [4.78, 5) is 11.4. The number of carbonyl (C=O) groups is 1. The maximum absolute atomic E-state index is 11.4. The molecule has 0 aliphatic carbocycles. The summed E-state index contributed by atoms with van der Waals surface area (Å²) in [5, 5.41) is 2.77. The van der Waals surface area contributed by atoms with Gasteiger partial charge in [-0.2, -0.15) is 0 Å². The molecule has 0 aromatic rings. The van der Waals surface area contributed by atoms with Crippen LogP contribution >= 0.6 is 0 Å². The van der Waals surface area contributed by atoms with Crippen LogP contribution in [0.25, 0.3) is 0 Å². The van der Waals surface area contributed by atoms with Crippen LogP contribution in [0.5, 0.6) is 0 Å². The van der Waals surface area contributed by atoms with E-state index in [9.17, 15) is 4.79 Å². The molecule has 0 bridgehead atoms. The number of hydrogen-bond donors (Lipinski definition) is 1. The van der Waals surface area contributed by atoms with E-state index in [1.54, 1.807) is 6.08 Å². The van der Waals surface area contributed by atoms with Gasteiger partial charge in [0.25, 0.3) is 0 Å². The van der Waals surface area contributed by atoms with Crippen molar-refractivity contribution >= 4 is 5.91 Å². The molecule has 1 N–H and O–H groups in total. The molecule has 0 saturated carbocycles. The monoisotopic (exact) mass is 253 g/mol. The molecule has 1 unspecified atom stereocenters. The second kappa shape index (κ2) is 9.85. The molecule has 102 valence electrons. The Hall–Kier alpha value is -1.13. The Balaban J connectivity index is 2.03. The molecule has 4 nitrogen and oxygen atoms in total. The summed E-state index contributed by atoms with van der Waals surface area (Å²) in [6, 6.07) is 0. The Labute approximate surface area is 109 Å². The van der Waals surface area contributed by atoms with Gasteiger partial charge in [-0.3, -0.25) is 4.79 Å². The van der Waals surface area contributed by atoms with Crippen LogP contribution in [0.4, 0.5) is 0 Å². The fourth-order valence-electron chi connectivity index (χ4n) is 1.59. The molecule has 1 heterocycles. The number of unbranched alkanes of at least 4 members (excludes halogenated alkanes) is 3. The van der Waals surface area contributed by atoms with E-state index in [1.165, 1.54) is 25.3 Å². The van der Waals surface area contributed by atoms with Gasteiger partial charge in [-0.15, -0.1) is 0 Å². The van der Waals surface area contributed by atoms with Crippen molar-refractivity contribution in [2.75, 3.05) is 19.9 Å². The summed E-state index contributed by atoms with van der Waals surface area (Å²) >= 11 is 0. The average Bonchev–Trinajstić information content (AvgIpc) is 2.88. The normalized spacial score (nSPS) is 19.9. The lowest BCUT2D eigenvalue weighted by molar-refractivity contribution is -0.116. The van der Waals surface area contributed by atoms with E-state index >= 15 is 0 Å². The molecule has 1 aliphatic heterocycles. The van der Waals surface area contributed by atoms with Gasteiger partial charge in [0.15, 0.2) is 0 Å². The Bertz CT molecular complexity index is 281. The fraction of sp³-hybridized carbons (Fsp3) is 0.643. The second-order valence-electron chi connectivity index (χ2n) is 4.31. The van der Waals surface area contributed by atoms with Crippen LogP contribution in [-0.2, 0) is 14.3 Å². The summed E-state index contributed by atoms with van der Waals surface area (Å²) in [5.41, 5.74) is 0. The van der Waals surface area contributed by atoms with Gasteiger partial charge in [-0.1, -0.05) is 38.0 Å². The quantitative estimate of drug-likeness (QED) is 0.410. The number of hydrogen-bond acceptors (Lipinski definition) is 3. The minimum absolute atomic E-state index is 0.00747. The zero-order valence-electron chi connectivity index (χ0n) is 11.1. The Morgan fingerprint density at radius 1 is 1.39 bits per heavy atom. The van der Waals surface area contributed by atoms with Crippen molar-refractivity contribution in [2.24, 2.45) is 0 Å². The van der Waals surface area contributed by atoms with Gasteiger partial charge in [0.2, 0.25) is 5.91 Å². The van der Waals surface area contributed by atoms with Crippen LogP contribution in [-0.4, -0.2) is 32.0 Å². The lowest BCUT2D eigenvalue weighted by Crippen LogP contribution is -2.32. The second-order valence-corrected chi connectivity index (χ2v) is 4.31. The van der Waals surface area contributed by atoms with Crippen LogP contribution < -0.4 is 5.32 Å². The van der Waals surface area contributed by atoms with Gasteiger partial charge >= 0.3 is 0 Å². The number of nitrogens with one attached hydrogen (secondary N) is 1. The lowest BCUT2D eigenvalue weighted by Gasteiger charge is -2.06. The summed E-state index contributed by atoms with van der Waals surface area (Å²) in [5.74, 6) is -0.0938. The highest BCUT2D eigenvalue weighted by Crippen LogP contribution is 2.01. The number of carbonyl (C=O) groups excluding carboxylic acids is 1. The first-order chi connectivity index (χ1) is 8.83. The van der Waals surface area contributed by atoms with Crippen molar-refractivity contribution < 1.29 is 14.3 Å². The van der Waals surface area contributed by atoms with Gasteiger partial charge in [-0.05, 0) is 12.8 Å². The molecule has 4 heteroatoms. The summed E-state index contributed by atoms with van der Waals surface area (Å²) < 4.78 is 10.2. The van der Waals surface area contributed by atoms with E-state index in [0.717, 1.165) is 6.42 Å². The van der Waals surface area contributed by atoms with Crippen LogP contribution in [0.1, 0.15) is 32.6 Å². The van der Waals surface area contributed by atoms with E-state index < -0.39 is 0 Å². The molecule has 1 rings (SSSR count). The van der Waals surface area contributed by atoms with E-state index in [0.29, 0.717) is 19.9 Å². The van der Waals surface area contributed by atoms with Crippen LogP contribution in [0.3, 0.4) is 0 Å². The number of amides is 1. The predicted molar refractivity (Wildman–Crippen MR) is 71.1 cm³/mol. The maximum Gasteiger partial charge on any atom is 0.244 e. The zero-order valence-corrected chi connectivity index (χ0v) is 11.1. The van der Waals surface area contributed by atoms with Crippen molar-refractivity contribution in [1.82, 2.24) is 5.32 Å². The molecular weight excluding hydrogens is 230 g/mol. The SMILES string of the molecule is CCCCC/C=C/C=C/C(=O)NCC1COCO1. The van der Waals surface area contributed by atoms with Crippen LogP contribution in [0.2, 0.25) is 0 Å². The molecule has 1 saturated heterocycles. The van der Waals surface area contributed by atoms with E-state index in [4.69, 9.17) is 9.47 Å².